The van der Waals surface area contributed by atoms with E-state index in [-0.39, 0.29) is 22.9 Å². The van der Waals surface area contributed by atoms with Crippen LogP contribution in [-0.2, 0) is 16.1 Å². The molecule has 1 atom stereocenters. The normalized spacial score (nSPS) is 17.9. The van der Waals surface area contributed by atoms with Crippen LogP contribution in [0.5, 0.6) is 5.75 Å². The highest BCUT2D eigenvalue weighted by Crippen LogP contribution is 2.41. The molecule has 0 spiro atoms. The summed E-state index contributed by atoms with van der Waals surface area (Å²) in [5, 5.41) is 13.5. The molecule has 1 aliphatic rings. The van der Waals surface area contributed by atoms with Crippen molar-refractivity contribution in [3.8, 4) is 5.75 Å². The van der Waals surface area contributed by atoms with Crippen molar-refractivity contribution >= 4 is 52.0 Å². The second-order valence-electron chi connectivity index (χ2n) is 6.91. The fourth-order valence-corrected chi connectivity index (χ4v) is 4.57. The van der Waals surface area contributed by atoms with E-state index in [9.17, 15) is 14.7 Å². The summed E-state index contributed by atoms with van der Waals surface area (Å²) < 4.78 is 5.32. The van der Waals surface area contributed by atoms with Gasteiger partial charge in [0.1, 0.15) is 11.5 Å². The van der Waals surface area contributed by atoms with Crippen LogP contribution in [0.25, 0.3) is 5.76 Å². The average molecular weight is 474 g/mol. The monoisotopic (exact) mass is 473 g/mol. The molecule has 158 valence electrons. The van der Waals surface area contributed by atoms with Crippen LogP contribution < -0.4 is 4.74 Å². The van der Waals surface area contributed by atoms with Gasteiger partial charge in [0.2, 0.25) is 0 Å². The number of halogens is 2. The van der Waals surface area contributed by atoms with Crippen LogP contribution in [0.3, 0.4) is 0 Å². The van der Waals surface area contributed by atoms with Gasteiger partial charge in [0.15, 0.2) is 0 Å². The lowest BCUT2D eigenvalue weighted by Crippen LogP contribution is -2.28. The van der Waals surface area contributed by atoms with Gasteiger partial charge in [-0.25, -0.2) is 0 Å². The number of benzene rings is 2. The third-order valence-electron chi connectivity index (χ3n) is 5.05. The quantitative estimate of drug-likeness (QED) is 0.293. The SMILES string of the molecule is COc1cccc(C2/C(=C(/O)c3ccc(Cl)c(Cl)c3)C(=O)C(=O)N2Cc2cccs2)c1. The molecule has 0 bridgehead atoms. The summed E-state index contributed by atoms with van der Waals surface area (Å²) in [7, 11) is 1.54. The first-order chi connectivity index (χ1) is 14.9. The Morgan fingerprint density at radius 3 is 2.58 bits per heavy atom. The number of hydrogen-bond donors (Lipinski definition) is 1. The van der Waals surface area contributed by atoms with Crippen molar-refractivity contribution < 1.29 is 19.4 Å². The lowest BCUT2D eigenvalue weighted by Gasteiger charge is -2.25. The van der Waals surface area contributed by atoms with E-state index in [2.05, 4.69) is 0 Å². The molecule has 0 aliphatic carbocycles. The summed E-state index contributed by atoms with van der Waals surface area (Å²) >= 11 is 13.6. The number of hydrogen-bond acceptors (Lipinski definition) is 5. The van der Waals surface area contributed by atoms with E-state index in [1.807, 2.05) is 17.5 Å². The van der Waals surface area contributed by atoms with E-state index in [0.29, 0.717) is 21.9 Å². The van der Waals surface area contributed by atoms with Crippen LogP contribution in [0, 0.1) is 0 Å². The van der Waals surface area contributed by atoms with Crippen molar-refractivity contribution in [3.05, 3.63) is 91.6 Å². The number of ether oxygens (including phenoxy) is 1. The Morgan fingerprint density at radius 2 is 1.90 bits per heavy atom. The predicted molar refractivity (Wildman–Crippen MR) is 122 cm³/mol. The van der Waals surface area contributed by atoms with E-state index >= 15 is 0 Å². The number of carbonyl (C=O) groups excluding carboxylic acids is 2. The van der Waals surface area contributed by atoms with Gasteiger partial charge in [0.25, 0.3) is 11.7 Å². The molecule has 1 amide bonds. The number of amides is 1. The van der Waals surface area contributed by atoms with Crippen molar-refractivity contribution in [1.82, 2.24) is 4.90 Å². The minimum atomic E-state index is -0.786. The molecule has 31 heavy (non-hydrogen) atoms. The molecule has 0 radical (unpaired) electrons. The second kappa shape index (κ2) is 8.75. The number of aliphatic hydroxyl groups excluding tert-OH is 1. The summed E-state index contributed by atoms with van der Waals surface area (Å²) in [5.74, 6) is -1.16. The maximum Gasteiger partial charge on any atom is 0.295 e. The van der Waals surface area contributed by atoms with Crippen LogP contribution in [0.1, 0.15) is 22.0 Å². The van der Waals surface area contributed by atoms with Crippen LogP contribution in [-0.4, -0.2) is 28.8 Å². The van der Waals surface area contributed by atoms with E-state index in [4.69, 9.17) is 27.9 Å². The van der Waals surface area contributed by atoms with Crippen molar-refractivity contribution in [2.75, 3.05) is 7.11 Å². The highest BCUT2D eigenvalue weighted by Gasteiger charge is 2.46. The Balaban J connectivity index is 1.89. The molecule has 2 heterocycles. The maximum absolute atomic E-state index is 13.1. The van der Waals surface area contributed by atoms with Crippen LogP contribution in [0.2, 0.25) is 10.0 Å². The molecule has 8 heteroatoms. The lowest BCUT2D eigenvalue weighted by molar-refractivity contribution is -0.140. The fourth-order valence-electron chi connectivity index (χ4n) is 3.57. The Labute approximate surface area is 193 Å². The topological polar surface area (TPSA) is 66.8 Å². The number of Topliss-reactive ketones (excluding diaryl/α,β-unsaturated/α-hetero) is 1. The van der Waals surface area contributed by atoms with Gasteiger partial charge in [-0.1, -0.05) is 41.4 Å². The van der Waals surface area contributed by atoms with Gasteiger partial charge in [-0.3, -0.25) is 9.59 Å². The molecule has 3 aromatic rings. The number of methoxy groups -OCH3 is 1. The number of likely N-dealkylation sites (tertiary alicyclic amines) is 1. The molecule has 1 unspecified atom stereocenters. The van der Waals surface area contributed by atoms with Gasteiger partial charge >= 0.3 is 0 Å². The van der Waals surface area contributed by atoms with Crippen LogP contribution in [0.4, 0.5) is 0 Å². The number of thiophene rings is 1. The van der Waals surface area contributed by atoms with Crippen molar-refractivity contribution in [2.24, 2.45) is 0 Å². The third-order valence-corrected chi connectivity index (χ3v) is 6.65. The van der Waals surface area contributed by atoms with Gasteiger partial charge < -0.3 is 14.7 Å². The number of rotatable bonds is 5. The first-order valence-electron chi connectivity index (χ1n) is 9.31. The molecule has 1 saturated heterocycles. The van der Waals surface area contributed by atoms with Crippen molar-refractivity contribution in [1.29, 1.82) is 0 Å². The van der Waals surface area contributed by atoms with E-state index < -0.39 is 17.7 Å². The molecule has 5 nitrogen and oxygen atoms in total. The Morgan fingerprint density at radius 1 is 1.10 bits per heavy atom. The number of aliphatic hydroxyl groups is 1. The molecular weight excluding hydrogens is 457 g/mol. The second-order valence-corrected chi connectivity index (χ2v) is 8.76. The number of carbonyl (C=O) groups is 2. The Hall–Kier alpha value is -2.80. The van der Waals surface area contributed by atoms with E-state index in [1.165, 1.54) is 35.5 Å². The van der Waals surface area contributed by atoms with Gasteiger partial charge in [0, 0.05) is 10.4 Å². The zero-order valence-corrected chi connectivity index (χ0v) is 18.7. The van der Waals surface area contributed by atoms with Gasteiger partial charge in [-0.2, -0.15) is 0 Å². The first kappa shape index (κ1) is 21.4. The minimum Gasteiger partial charge on any atom is -0.507 e. The molecule has 1 N–H and O–H groups in total. The van der Waals surface area contributed by atoms with Crippen LogP contribution >= 0.6 is 34.5 Å². The summed E-state index contributed by atoms with van der Waals surface area (Å²) in [5.41, 5.74) is 0.946. The highest BCUT2D eigenvalue weighted by molar-refractivity contribution is 7.09. The molecule has 4 rings (SSSR count). The molecule has 2 aromatic carbocycles. The Kier molecular flexibility index (Phi) is 6.05. The predicted octanol–water partition coefficient (Wildman–Crippen LogP) is 5.69. The molecule has 1 aromatic heterocycles. The molecule has 1 aliphatic heterocycles. The first-order valence-corrected chi connectivity index (χ1v) is 10.9. The van der Waals surface area contributed by atoms with E-state index in [1.54, 1.807) is 30.3 Å². The largest absolute Gasteiger partial charge is 0.507 e. The summed E-state index contributed by atoms with van der Waals surface area (Å²) in [4.78, 5) is 28.4. The summed E-state index contributed by atoms with van der Waals surface area (Å²) in [6.45, 7) is 0.238. The van der Waals surface area contributed by atoms with Crippen molar-refractivity contribution in [2.45, 2.75) is 12.6 Å². The number of nitrogens with zero attached hydrogens (tertiary/aromatic N) is 1. The standard InChI is InChI=1S/C23H17Cl2NO4S/c1-30-15-5-2-4-13(10-15)20-19(21(27)14-7-8-17(24)18(25)11-14)22(28)23(29)26(20)12-16-6-3-9-31-16/h2-11,20,27H,12H2,1H3/b21-19-. The maximum atomic E-state index is 13.1. The van der Waals surface area contributed by atoms with Gasteiger partial charge in [-0.15, -0.1) is 11.3 Å². The zero-order valence-electron chi connectivity index (χ0n) is 16.3. The molecule has 1 fully saturated rings. The Bertz CT molecular complexity index is 1190. The lowest BCUT2D eigenvalue weighted by atomic mass is 9.95. The highest BCUT2D eigenvalue weighted by atomic mass is 35.5. The van der Waals surface area contributed by atoms with Gasteiger partial charge in [-0.05, 0) is 47.3 Å². The summed E-state index contributed by atoms with van der Waals surface area (Å²) in [6.07, 6.45) is 0. The average Bonchev–Trinajstić information content (AvgIpc) is 3.37. The van der Waals surface area contributed by atoms with E-state index in [0.717, 1.165) is 4.88 Å². The minimum absolute atomic E-state index is 0.00630. The molecular formula is C23H17Cl2NO4S. The summed E-state index contributed by atoms with van der Waals surface area (Å²) in [6, 6.07) is 14.6. The zero-order chi connectivity index (χ0) is 22.1. The van der Waals surface area contributed by atoms with Gasteiger partial charge in [0.05, 0.1) is 35.3 Å². The fraction of sp³-hybridized carbons (Fsp3) is 0.130. The molecule has 0 saturated carbocycles. The van der Waals surface area contributed by atoms with Crippen molar-refractivity contribution in [3.63, 3.8) is 0 Å². The van der Waals surface area contributed by atoms with Crippen LogP contribution in [0.15, 0.2) is 65.6 Å². The third kappa shape index (κ3) is 4.06. The number of ketones is 1. The smallest absolute Gasteiger partial charge is 0.295 e.